The summed E-state index contributed by atoms with van der Waals surface area (Å²) >= 11 is 0. The lowest BCUT2D eigenvalue weighted by molar-refractivity contribution is -0.121. The number of imidazole rings is 1. The van der Waals surface area contributed by atoms with Gasteiger partial charge in [0.05, 0.1) is 11.0 Å². The number of hydrogen-bond acceptors (Lipinski definition) is 4. The van der Waals surface area contributed by atoms with Gasteiger partial charge in [-0.15, -0.1) is 0 Å². The number of nitrogens with one attached hydrogen (secondary N) is 2. The van der Waals surface area contributed by atoms with E-state index in [0.29, 0.717) is 39.0 Å². The maximum Gasteiger partial charge on any atom is 0.220 e. The lowest BCUT2D eigenvalue weighted by atomic mass is 10.1. The Bertz CT molecular complexity index is 887. The van der Waals surface area contributed by atoms with Gasteiger partial charge in [-0.05, 0) is 36.2 Å². The van der Waals surface area contributed by atoms with Crippen molar-refractivity contribution in [3.05, 3.63) is 53.9 Å². The fourth-order valence-corrected chi connectivity index (χ4v) is 3.03. The van der Waals surface area contributed by atoms with Crippen LogP contribution in [0.4, 0.5) is 0 Å². The van der Waals surface area contributed by atoms with E-state index in [-0.39, 0.29) is 5.91 Å². The highest BCUT2D eigenvalue weighted by atomic mass is 16.6. The SMILES string of the molecule is O=C(CCc1ccc2c(c1)OCCO2)NCCc1nc2ccccc2[nH]1. The van der Waals surface area contributed by atoms with Crippen LogP contribution in [0, 0.1) is 0 Å². The van der Waals surface area contributed by atoms with Crippen LogP contribution in [0.25, 0.3) is 11.0 Å². The van der Waals surface area contributed by atoms with Gasteiger partial charge in [-0.1, -0.05) is 18.2 Å². The van der Waals surface area contributed by atoms with Crippen molar-refractivity contribution in [3.8, 4) is 11.5 Å². The minimum atomic E-state index is 0.0380. The van der Waals surface area contributed by atoms with Crippen molar-refractivity contribution in [1.82, 2.24) is 15.3 Å². The number of aromatic nitrogens is 2. The largest absolute Gasteiger partial charge is 0.486 e. The highest BCUT2D eigenvalue weighted by Gasteiger charge is 2.12. The Labute approximate surface area is 151 Å². The van der Waals surface area contributed by atoms with E-state index in [1.54, 1.807) is 0 Å². The maximum atomic E-state index is 12.1. The smallest absolute Gasteiger partial charge is 0.220 e. The molecule has 0 fully saturated rings. The van der Waals surface area contributed by atoms with E-state index in [1.807, 2.05) is 42.5 Å². The monoisotopic (exact) mass is 351 g/mol. The van der Waals surface area contributed by atoms with Crippen molar-refractivity contribution in [3.63, 3.8) is 0 Å². The minimum absolute atomic E-state index is 0.0380. The zero-order chi connectivity index (χ0) is 17.8. The highest BCUT2D eigenvalue weighted by Crippen LogP contribution is 2.31. The summed E-state index contributed by atoms with van der Waals surface area (Å²) in [7, 11) is 0. The van der Waals surface area contributed by atoms with E-state index in [4.69, 9.17) is 9.47 Å². The van der Waals surface area contributed by atoms with Gasteiger partial charge in [-0.2, -0.15) is 0 Å². The zero-order valence-electron chi connectivity index (χ0n) is 14.5. The lowest BCUT2D eigenvalue weighted by Gasteiger charge is -2.18. The summed E-state index contributed by atoms with van der Waals surface area (Å²) < 4.78 is 11.1. The fourth-order valence-electron chi connectivity index (χ4n) is 3.03. The number of amides is 1. The summed E-state index contributed by atoms with van der Waals surface area (Å²) in [5, 5.41) is 2.95. The number of hydrogen-bond donors (Lipinski definition) is 2. The molecule has 1 aliphatic heterocycles. The number of H-pyrrole nitrogens is 1. The molecule has 2 N–H and O–H groups in total. The van der Waals surface area contributed by atoms with Crippen LogP contribution in [0.1, 0.15) is 17.8 Å². The van der Waals surface area contributed by atoms with E-state index >= 15 is 0 Å². The molecule has 134 valence electrons. The Morgan fingerprint density at radius 2 is 1.92 bits per heavy atom. The van der Waals surface area contributed by atoms with Gasteiger partial charge in [-0.3, -0.25) is 4.79 Å². The Morgan fingerprint density at radius 3 is 2.81 bits per heavy atom. The summed E-state index contributed by atoms with van der Waals surface area (Å²) in [5.41, 5.74) is 3.04. The molecular formula is C20H21N3O3. The molecule has 3 aromatic rings. The Balaban J connectivity index is 1.24. The standard InChI is InChI=1S/C20H21N3O3/c24-20(8-6-14-5-7-17-18(13-14)26-12-11-25-17)21-10-9-19-22-15-3-1-2-4-16(15)23-19/h1-5,7,13H,6,8-12H2,(H,21,24)(H,22,23). The van der Waals surface area contributed by atoms with Crippen molar-refractivity contribution < 1.29 is 14.3 Å². The van der Waals surface area contributed by atoms with Crippen molar-refractivity contribution in [2.75, 3.05) is 19.8 Å². The van der Waals surface area contributed by atoms with Crippen molar-refractivity contribution in [2.45, 2.75) is 19.3 Å². The van der Waals surface area contributed by atoms with Gasteiger partial charge in [0.15, 0.2) is 11.5 Å². The summed E-state index contributed by atoms with van der Waals surface area (Å²) in [6.45, 7) is 1.72. The molecule has 0 atom stereocenters. The van der Waals surface area contributed by atoms with Gasteiger partial charge in [0, 0.05) is 19.4 Å². The maximum absolute atomic E-state index is 12.1. The molecule has 4 rings (SSSR count). The van der Waals surface area contributed by atoms with E-state index in [2.05, 4.69) is 15.3 Å². The predicted octanol–water partition coefficient (Wildman–Crippen LogP) is 2.63. The quantitative estimate of drug-likeness (QED) is 0.716. The third kappa shape index (κ3) is 3.79. The molecule has 26 heavy (non-hydrogen) atoms. The molecule has 2 heterocycles. The molecule has 0 bridgehead atoms. The molecule has 0 radical (unpaired) electrons. The second kappa shape index (κ2) is 7.47. The molecule has 0 saturated heterocycles. The highest BCUT2D eigenvalue weighted by molar-refractivity contribution is 5.76. The van der Waals surface area contributed by atoms with Crippen LogP contribution in [-0.2, 0) is 17.6 Å². The third-order valence-electron chi connectivity index (χ3n) is 4.37. The molecule has 1 aromatic heterocycles. The molecule has 2 aromatic carbocycles. The molecule has 0 saturated carbocycles. The number of aryl methyl sites for hydroxylation is 1. The number of ether oxygens (including phenoxy) is 2. The number of fused-ring (bicyclic) bond motifs is 2. The molecule has 0 unspecified atom stereocenters. The van der Waals surface area contributed by atoms with Gasteiger partial charge in [0.25, 0.3) is 0 Å². The fraction of sp³-hybridized carbons (Fsp3) is 0.300. The first-order valence-corrected chi connectivity index (χ1v) is 8.87. The molecule has 6 nitrogen and oxygen atoms in total. The molecular weight excluding hydrogens is 330 g/mol. The number of para-hydroxylation sites is 2. The number of nitrogens with zero attached hydrogens (tertiary/aromatic N) is 1. The number of rotatable bonds is 6. The van der Waals surface area contributed by atoms with Crippen LogP contribution >= 0.6 is 0 Å². The zero-order valence-corrected chi connectivity index (χ0v) is 14.5. The molecule has 0 spiro atoms. The summed E-state index contributed by atoms with van der Waals surface area (Å²) in [6, 6.07) is 13.8. The lowest BCUT2D eigenvalue weighted by Crippen LogP contribution is -2.26. The van der Waals surface area contributed by atoms with E-state index in [0.717, 1.165) is 33.9 Å². The topological polar surface area (TPSA) is 76.2 Å². The average molecular weight is 351 g/mol. The van der Waals surface area contributed by atoms with Gasteiger partial charge in [0.2, 0.25) is 5.91 Å². The van der Waals surface area contributed by atoms with Gasteiger partial charge >= 0.3 is 0 Å². The summed E-state index contributed by atoms with van der Waals surface area (Å²) in [6.07, 6.45) is 1.80. The first-order chi connectivity index (χ1) is 12.8. The normalized spacial score (nSPS) is 12.9. The first-order valence-electron chi connectivity index (χ1n) is 8.87. The van der Waals surface area contributed by atoms with Crippen molar-refractivity contribution >= 4 is 16.9 Å². The van der Waals surface area contributed by atoms with Gasteiger partial charge < -0.3 is 19.8 Å². The van der Waals surface area contributed by atoms with Crippen molar-refractivity contribution in [2.24, 2.45) is 0 Å². The Morgan fingerprint density at radius 1 is 1.08 bits per heavy atom. The summed E-state index contributed by atoms with van der Waals surface area (Å²) in [5.74, 6) is 2.46. The van der Waals surface area contributed by atoms with Crippen LogP contribution in [-0.4, -0.2) is 35.6 Å². The van der Waals surface area contributed by atoms with Crippen LogP contribution < -0.4 is 14.8 Å². The minimum Gasteiger partial charge on any atom is -0.486 e. The molecule has 0 aliphatic carbocycles. The third-order valence-corrected chi connectivity index (χ3v) is 4.37. The number of benzene rings is 2. The molecule has 6 heteroatoms. The first kappa shape index (κ1) is 16.4. The number of carbonyl (C=O) groups excluding carboxylic acids is 1. The second-order valence-corrected chi connectivity index (χ2v) is 6.28. The molecule has 1 amide bonds. The average Bonchev–Trinajstić information content (AvgIpc) is 3.09. The Hall–Kier alpha value is -3.02. The van der Waals surface area contributed by atoms with Gasteiger partial charge in [0.1, 0.15) is 19.0 Å². The van der Waals surface area contributed by atoms with Crippen molar-refractivity contribution in [1.29, 1.82) is 0 Å². The summed E-state index contributed by atoms with van der Waals surface area (Å²) in [4.78, 5) is 19.8. The van der Waals surface area contributed by atoms with E-state index in [9.17, 15) is 4.79 Å². The van der Waals surface area contributed by atoms with Crippen LogP contribution in [0.2, 0.25) is 0 Å². The van der Waals surface area contributed by atoms with E-state index < -0.39 is 0 Å². The van der Waals surface area contributed by atoms with Crippen LogP contribution in [0.15, 0.2) is 42.5 Å². The van der Waals surface area contributed by atoms with Crippen LogP contribution in [0.5, 0.6) is 11.5 Å². The second-order valence-electron chi connectivity index (χ2n) is 6.28. The van der Waals surface area contributed by atoms with Crippen LogP contribution in [0.3, 0.4) is 0 Å². The van der Waals surface area contributed by atoms with Gasteiger partial charge in [-0.25, -0.2) is 4.98 Å². The number of carbonyl (C=O) groups is 1. The predicted molar refractivity (Wildman–Crippen MR) is 98.6 cm³/mol. The Kier molecular flexibility index (Phi) is 4.73. The van der Waals surface area contributed by atoms with E-state index in [1.165, 1.54) is 0 Å². The molecule has 1 aliphatic rings. The number of aromatic amines is 1.